The predicted octanol–water partition coefficient (Wildman–Crippen LogP) is 2.67. The van der Waals surface area contributed by atoms with Crippen molar-refractivity contribution >= 4 is 17.7 Å². The van der Waals surface area contributed by atoms with Crippen molar-refractivity contribution in [1.82, 2.24) is 10.6 Å². The van der Waals surface area contributed by atoms with Crippen molar-refractivity contribution in [3.63, 3.8) is 0 Å². The third kappa shape index (κ3) is 6.51. The number of rotatable bonds is 6. The second-order valence-electron chi connectivity index (χ2n) is 4.91. The van der Waals surface area contributed by atoms with Crippen molar-refractivity contribution in [2.45, 2.75) is 49.6 Å². The zero-order valence-corrected chi connectivity index (χ0v) is 11.9. The van der Waals surface area contributed by atoms with E-state index in [1.165, 1.54) is 6.42 Å². The number of alkyl halides is 3. The highest BCUT2D eigenvalue weighted by molar-refractivity contribution is 8.00. The number of amides is 1. The van der Waals surface area contributed by atoms with E-state index in [1.807, 2.05) is 7.05 Å². The van der Waals surface area contributed by atoms with Gasteiger partial charge >= 0.3 is 5.51 Å². The monoisotopic (exact) mass is 298 g/mol. The Morgan fingerprint density at radius 1 is 1.26 bits per heavy atom. The molecular formula is C12H21F3N2OS. The van der Waals surface area contributed by atoms with Crippen molar-refractivity contribution in [2.75, 3.05) is 19.3 Å². The molecule has 0 saturated heterocycles. The van der Waals surface area contributed by atoms with Gasteiger partial charge < -0.3 is 10.6 Å². The Morgan fingerprint density at radius 3 is 2.42 bits per heavy atom. The lowest BCUT2D eigenvalue weighted by atomic mass is 9.79. The fourth-order valence-corrected chi connectivity index (χ4v) is 2.91. The molecule has 1 aliphatic carbocycles. The molecule has 0 bridgehead atoms. The summed E-state index contributed by atoms with van der Waals surface area (Å²) in [4.78, 5) is 11.8. The lowest BCUT2D eigenvalue weighted by molar-refractivity contribution is -0.122. The zero-order chi connectivity index (χ0) is 14.4. The van der Waals surface area contributed by atoms with Crippen molar-refractivity contribution in [3.05, 3.63) is 0 Å². The number of halogens is 3. The van der Waals surface area contributed by atoms with Crippen LogP contribution < -0.4 is 10.6 Å². The Bertz CT molecular complexity index is 291. The molecule has 1 aliphatic rings. The minimum Gasteiger partial charge on any atom is -0.355 e. The summed E-state index contributed by atoms with van der Waals surface area (Å²) in [6, 6.07) is 0. The molecule has 0 spiro atoms. The number of carbonyl (C=O) groups is 1. The summed E-state index contributed by atoms with van der Waals surface area (Å²) in [5.74, 6) is -0.305. The molecule has 3 nitrogen and oxygen atoms in total. The van der Waals surface area contributed by atoms with E-state index >= 15 is 0 Å². The maximum absolute atomic E-state index is 11.9. The van der Waals surface area contributed by atoms with Crippen molar-refractivity contribution in [2.24, 2.45) is 0 Å². The molecule has 1 fully saturated rings. The van der Waals surface area contributed by atoms with Gasteiger partial charge in [0, 0.05) is 24.3 Å². The summed E-state index contributed by atoms with van der Waals surface area (Å²) >= 11 is -0.104. The van der Waals surface area contributed by atoms with Crippen LogP contribution in [0.5, 0.6) is 0 Å². The SMILES string of the molecule is CNC1(CC(=O)NCCSC(F)(F)F)CCCCC1. The van der Waals surface area contributed by atoms with Crippen molar-refractivity contribution in [3.8, 4) is 0 Å². The fourth-order valence-electron chi connectivity index (χ4n) is 2.47. The molecule has 1 saturated carbocycles. The summed E-state index contributed by atoms with van der Waals surface area (Å²) in [7, 11) is 1.85. The molecular weight excluding hydrogens is 277 g/mol. The van der Waals surface area contributed by atoms with Gasteiger partial charge in [0.05, 0.1) is 0 Å². The molecule has 0 atom stereocenters. The molecule has 0 aliphatic heterocycles. The quantitative estimate of drug-likeness (QED) is 0.741. The molecule has 0 aromatic heterocycles. The third-order valence-electron chi connectivity index (χ3n) is 3.53. The van der Waals surface area contributed by atoms with Gasteiger partial charge in [-0.3, -0.25) is 4.79 Å². The predicted molar refractivity (Wildman–Crippen MR) is 71.0 cm³/mol. The average molecular weight is 298 g/mol. The molecule has 7 heteroatoms. The fraction of sp³-hybridized carbons (Fsp3) is 0.917. The smallest absolute Gasteiger partial charge is 0.355 e. The molecule has 0 unspecified atom stereocenters. The second-order valence-corrected chi connectivity index (χ2v) is 6.07. The van der Waals surface area contributed by atoms with Gasteiger partial charge in [-0.05, 0) is 31.7 Å². The van der Waals surface area contributed by atoms with Gasteiger partial charge in [-0.15, -0.1) is 0 Å². The number of thioether (sulfide) groups is 1. The number of hydrogen-bond donors (Lipinski definition) is 2. The normalized spacial score (nSPS) is 19.2. The second kappa shape index (κ2) is 7.38. The Hall–Kier alpha value is -0.430. The lowest BCUT2D eigenvalue weighted by Crippen LogP contribution is -2.48. The highest BCUT2D eigenvalue weighted by Gasteiger charge is 2.32. The Kier molecular flexibility index (Phi) is 6.46. The number of hydrogen-bond acceptors (Lipinski definition) is 3. The minimum absolute atomic E-state index is 0.0583. The van der Waals surface area contributed by atoms with Gasteiger partial charge in [-0.2, -0.15) is 13.2 Å². The molecule has 1 amide bonds. The van der Waals surface area contributed by atoms with Crippen LogP contribution >= 0.6 is 11.8 Å². The van der Waals surface area contributed by atoms with Gasteiger partial charge in [0.2, 0.25) is 5.91 Å². The van der Waals surface area contributed by atoms with Gasteiger partial charge in [0.15, 0.2) is 0 Å². The summed E-state index contributed by atoms with van der Waals surface area (Å²) < 4.78 is 35.7. The summed E-state index contributed by atoms with van der Waals surface area (Å²) in [6.45, 7) is 0.0583. The molecule has 112 valence electrons. The first-order valence-electron chi connectivity index (χ1n) is 6.53. The largest absolute Gasteiger partial charge is 0.441 e. The van der Waals surface area contributed by atoms with Crippen LogP contribution in [-0.2, 0) is 4.79 Å². The summed E-state index contributed by atoms with van der Waals surface area (Å²) in [5, 5.41) is 5.78. The van der Waals surface area contributed by atoms with Gasteiger partial charge in [-0.25, -0.2) is 0 Å². The van der Waals surface area contributed by atoms with Crippen molar-refractivity contribution < 1.29 is 18.0 Å². The molecule has 0 heterocycles. The molecule has 1 rings (SSSR count). The van der Waals surface area contributed by atoms with E-state index in [0.717, 1.165) is 25.7 Å². The first-order valence-corrected chi connectivity index (χ1v) is 7.52. The first-order chi connectivity index (χ1) is 8.87. The highest BCUT2D eigenvalue weighted by atomic mass is 32.2. The standard InChI is InChI=1S/C12H21F3N2OS/c1-16-11(5-3-2-4-6-11)9-10(18)17-7-8-19-12(13,14)15/h16H,2-9H2,1H3,(H,17,18). The van der Waals surface area contributed by atoms with Crippen LogP contribution in [-0.4, -0.2) is 36.3 Å². The topological polar surface area (TPSA) is 41.1 Å². The minimum atomic E-state index is -4.22. The summed E-state index contributed by atoms with van der Waals surface area (Å²) in [6.07, 6.45) is 5.63. The van der Waals surface area contributed by atoms with Crippen LogP contribution in [0, 0.1) is 0 Å². The van der Waals surface area contributed by atoms with E-state index in [2.05, 4.69) is 10.6 Å². The highest BCUT2D eigenvalue weighted by Crippen LogP contribution is 2.31. The maximum atomic E-state index is 11.9. The van der Waals surface area contributed by atoms with Crippen LogP contribution in [0.15, 0.2) is 0 Å². The van der Waals surface area contributed by atoms with Crippen LogP contribution in [0.1, 0.15) is 38.5 Å². The number of nitrogens with one attached hydrogen (secondary N) is 2. The zero-order valence-electron chi connectivity index (χ0n) is 11.1. The number of carbonyl (C=O) groups excluding carboxylic acids is 1. The molecule has 19 heavy (non-hydrogen) atoms. The lowest BCUT2D eigenvalue weighted by Gasteiger charge is -2.36. The van der Waals surface area contributed by atoms with E-state index in [4.69, 9.17) is 0 Å². The van der Waals surface area contributed by atoms with Gasteiger partial charge in [-0.1, -0.05) is 19.3 Å². The Balaban J connectivity index is 2.26. The van der Waals surface area contributed by atoms with E-state index in [9.17, 15) is 18.0 Å². The van der Waals surface area contributed by atoms with Crippen LogP contribution in [0.25, 0.3) is 0 Å². The van der Waals surface area contributed by atoms with Crippen LogP contribution in [0.4, 0.5) is 13.2 Å². The molecule has 2 N–H and O–H groups in total. The maximum Gasteiger partial charge on any atom is 0.441 e. The van der Waals surface area contributed by atoms with E-state index in [-0.39, 0.29) is 35.5 Å². The van der Waals surface area contributed by atoms with E-state index in [1.54, 1.807) is 0 Å². The third-order valence-corrected chi connectivity index (χ3v) is 4.27. The van der Waals surface area contributed by atoms with Crippen molar-refractivity contribution in [1.29, 1.82) is 0 Å². The first kappa shape index (κ1) is 16.6. The Labute approximate surface area is 116 Å². The molecule has 0 radical (unpaired) electrons. The molecule has 0 aromatic rings. The van der Waals surface area contributed by atoms with E-state index in [0.29, 0.717) is 6.42 Å². The summed E-state index contributed by atoms with van der Waals surface area (Å²) in [5.41, 5.74) is -4.39. The van der Waals surface area contributed by atoms with Gasteiger partial charge in [0.25, 0.3) is 0 Å². The van der Waals surface area contributed by atoms with Gasteiger partial charge in [0.1, 0.15) is 0 Å². The van der Waals surface area contributed by atoms with Crippen LogP contribution in [0.3, 0.4) is 0 Å². The van der Waals surface area contributed by atoms with E-state index < -0.39 is 5.51 Å². The Morgan fingerprint density at radius 2 is 1.89 bits per heavy atom. The van der Waals surface area contributed by atoms with Crippen LogP contribution in [0.2, 0.25) is 0 Å². The molecule has 0 aromatic carbocycles. The average Bonchev–Trinajstić information content (AvgIpc) is 2.35.